The highest BCUT2D eigenvalue weighted by atomic mass is 35.5. The minimum absolute atomic E-state index is 0.0249. The lowest BCUT2D eigenvalue weighted by molar-refractivity contribution is -0.121. The molecule has 1 fully saturated rings. The number of anilines is 1. The van der Waals surface area contributed by atoms with Gasteiger partial charge in [0.2, 0.25) is 5.91 Å². The minimum atomic E-state index is -0.616. The Morgan fingerprint density at radius 3 is 2.56 bits per heavy atom. The normalized spacial score (nSPS) is 21.7. The van der Waals surface area contributed by atoms with Crippen molar-refractivity contribution in [1.29, 1.82) is 0 Å². The van der Waals surface area contributed by atoms with Crippen LogP contribution >= 0.6 is 23.2 Å². The van der Waals surface area contributed by atoms with Crippen LogP contribution < -0.4 is 4.90 Å². The number of halogens is 2. The predicted octanol–water partition coefficient (Wildman–Crippen LogP) is 5.38. The van der Waals surface area contributed by atoms with Gasteiger partial charge in [-0.25, -0.2) is 0 Å². The fraction of sp³-hybridized carbons (Fsp3) is 0.238. The van der Waals surface area contributed by atoms with Crippen LogP contribution in [0.1, 0.15) is 42.2 Å². The largest absolute Gasteiger partial charge is 0.300 e. The van der Waals surface area contributed by atoms with E-state index in [4.69, 9.17) is 23.2 Å². The highest BCUT2D eigenvalue weighted by Crippen LogP contribution is 2.47. The summed E-state index contributed by atoms with van der Waals surface area (Å²) in [5.41, 5.74) is 2.05. The molecule has 2 aliphatic rings. The van der Waals surface area contributed by atoms with Crippen LogP contribution in [0.5, 0.6) is 0 Å². The smallest absolute Gasteiger partial charge is 0.264 e. The van der Waals surface area contributed by atoms with E-state index < -0.39 is 5.54 Å². The van der Waals surface area contributed by atoms with Crippen molar-refractivity contribution in [2.24, 2.45) is 0 Å². The molecule has 0 spiro atoms. The van der Waals surface area contributed by atoms with Crippen LogP contribution in [-0.4, -0.2) is 16.4 Å². The van der Waals surface area contributed by atoms with E-state index in [1.807, 2.05) is 25.1 Å². The van der Waals surface area contributed by atoms with Crippen molar-refractivity contribution < 1.29 is 9.59 Å². The number of amides is 1. The summed E-state index contributed by atoms with van der Waals surface area (Å²) >= 11 is 12.4. The third kappa shape index (κ3) is 2.23. The molecule has 4 nitrogen and oxygen atoms in total. The number of benzene rings is 2. The number of hydrogen-bond donors (Lipinski definition) is 0. The number of hydrogen-bond acceptors (Lipinski definition) is 2. The molecule has 27 heavy (non-hydrogen) atoms. The summed E-state index contributed by atoms with van der Waals surface area (Å²) in [5, 5.41) is 1.97. The number of fused-ring (bicyclic) bond motifs is 7. The molecule has 1 saturated heterocycles. The Labute approximate surface area is 166 Å². The van der Waals surface area contributed by atoms with E-state index in [1.54, 1.807) is 33.7 Å². The van der Waals surface area contributed by atoms with Gasteiger partial charge in [0.15, 0.2) is 0 Å². The maximum Gasteiger partial charge on any atom is 0.264 e. The van der Waals surface area contributed by atoms with Crippen molar-refractivity contribution in [3.8, 4) is 0 Å². The average molecular weight is 399 g/mol. The zero-order valence-corrected chi connectivity index (χ0v) is 16.1. The maximum atomic E-state index is 13.6. The Hall–Kier alpha value is -2.30. The Morgan fingerprint density at radius 2 is 1.74 bits per heavy atom. The SMILES string of the molecule is CC12CCCC(=O)N1c1ccc(Cl)cc1C(=O)n1c2cc2cc(Cl)ccc21. The first-order valence-corrected chi connectivity index (χ1v) is 9.64. The Morgan fingerprint density at radius 1 is 1.00 bits per heavy atom. The highest BCUT2D eigenvalue weighted by Gasteiger charge is 2.47. The van der Waals surface area contributed by atoms with E-state index >= 15 is 0 Å². The molecule has 1 aromatic heterocycles. The Bertz CT molecular complexity index is 1150. The molecule has 1 atom stereocenters. The summed E-state index contributed by atoms with van der Waals surface area (Å²) in [5.74, 6) is -0.153. The molecule has 1 amide bonds. The molecule has 136 valence electrons. The molecule has 5 rings (SSSR count). The lowest BCUT2D eigenvalue weighted by atomic mass is 9.84. The zero-order chi connectivity index (χ0) is 18.9. The van der Waals surface area contributed by atoms with E-state index in [1.165, 1.54) is 0 Å². The van der Waals surface area contributed by atoms with Gasteiger partial charge in [0, 0.05) is 21.9 Å². The van der Waals surface area contributed by atoms with Crippen LogP contribution in [0.25, 0.3) is 10.9 Å². The van der Waals surface area contributed by atoms with E-state index in [0.717, 1.165) is 29.4 Å². The third-order valence-corrected chi connectivity index (χ3v) is 6.22. The van der Waals surface area contributed by atoms with Crippen molar-refractivity contribution in [2.75, 3.05) is 4.90 Å². The molecule has 3 heterocycles. The first-order chi connectivity index (χ1) is 12.9. The number of carbonyl (C=O) groups is 2. The summed E-state index contributed by atoms with van der Waals surface area (Å²) in [7, 11) is 0. The highest BCUT2D eigenvalue weighted by molar-refractivity contribution is 6.32. The Balaban J connectivity index is 1.93. The van der Waals surface area contributed by atoms with Gasteiger partial charge in [-0.15, -0.1) is 0 Å². The molecule has 3 aromatic rings. The van der Waals surface area contributed by atoms with Crippen LogP contribution in [0.3, 0.4) is 0 Å². The fourth-order valence-corrected chi connectivity index (χ4v) is 4.87. The van der Waals surface area contributed by atoms with E-state index in [2.05, 4.69) is 0 Å². The first-order valence-electron chi connectivity index (χ1n) is 8.89. The van der Waals surface area contributed by atoms with Gasteiger partial charge in [0.1, 0.15) is 0 Å². The molecular formula is C21H16Cl2N2O2. The monoisotopic (exact) mass is 398 g/mol. The van der Waals surface area contributed by atoms with Crippen molar-refractivity contribution >= 4 is 51.6 Å². The molecule has 6 heteroatoms. The summed E-state index contributed by atoms with van der Waals surface area (Å²) in [6.45, 7) is 2.04. The van der Waals surface area contributed by atoms with Gasteiger partial charge >= 0.3 is 0 Å². The number of carbonyl (C=O) groups excluding carboxylic acids is 2. The van der Waals surface area contributed by atoms with Gasteiger partial charge in [-0.3, -0.25) is 14.2 Å². The Kier molecular flexibility index (Phi) is 3.49. The lowest BCUT2D eigenvalue weighted by Crippen LogP contribution is -2.51. The molecule has 0 N–H and O–H groups in total. The van der Waals surface area contributed by atoms with Crippen LogP contribution in [-0.2, 0) is 10.3 Å². The van der Waals surface area contributed by atoms with Gasteiger partial charge in [-0.05, 0) is 62.2 Å². The summed E-state index contributed by atoms with van der Waals surface area (Å²) < 4.78 is 1.72. The van der Waals surface area contributed by atoms with Gasteiger partial charge in [0.25, 0.3) is 5.91 Å². The maximum absolute atomic E-state index is 13.6. The second-order valence-electron chi connectivity index (χ2n) is 7.39. The quantitative estimate of drug-likeness (QED) is 0.509. The van der Waals surface area contributed by atoms with Gasteiger partial charge in [-0.2, -0.15) is 0 Å². The third-order valence-electron chi connectivity index (χ3n) is 5.75. The molecule has 0 bridgehead atoms. The summed E-state index contributed by atoms with van der Waals surface area (Å²) in [4.78, 5) is 28.3. The molecular weight excluding hydrogens is 383 g/mol. The van der Waals surface area contributed by atoms with Crippen molar-refractivity contribution in [3.63, 3.8) is 0 Å². The number of piperidine rings is 1. The molecule has 0 saturated carbocycles. The van der Waals surface area contributed by atoms with Crippen LogP contribution in [0.4, 0.5) is 5.69 Å². The molecule has 1 unspecified atom stereocenters. The number of rotatable bonds is 0. The zero-order valence-electron chi connectivity index (χ0n) is 14.6. The average Bonchev–Trinajstić information content (AvgIpc) is 2.98. The summed E-state index contributed by atoms with van der Waals surface area (Å²) in [6, 6.07) is 12.6. The lowest BCUT2D eigenvalue weighted by Gasteiger charge is -2.44. The number of aromatic nitrogens is 1. The molecule has 0 aliphatic carbocycles. The van der Waals surface area contributed by atoms with Crippen LogP contribution in [0.15, 0.2) is 42.5 Å². The summed E-state index contributed by atoms with van der Waals surface area (Å²) in [6.07, 6.45) is 2.03. The van der Waals surface area contributed by atoms with Crippen LogP contribution in [0.2, 0.25) is 10.0 Å². The predicted molar refractivity (Wildman–Crippen MR) is 107 cm³/mol. The van der Waals surface area contributed by atoms with Crippen molar-refractivity contribution in [2.45, 2.75) is 31.7 Å². The second-order valence-corrected chi connectivity index (χ2v) is 8.26. The number of nitrogens with zero attached hydrogens (tertiary/aromatic N) is 2. The van der Waals surface area contributed by atoms with Crippen molar-refractivity contribution in [1.82, 2.24) is 4.57 Å². The standard InChI is InChI=1S/C21H16Cl2N2O2/c1-21-8-2-3-19(26)25(21)17-7-5-14(23)11-15(17)20(27)24-16-6-4-13(22)9-12(16)10-18(21)24/h4-7,9-11H,2-3,8H2,1H3. The van der Waals surface area contributed by atoms with E-state index in [0.29, 0.717) is 27.7 Å². The molecule has 2 aromatic carbocycles. The molecule has 2 aliphatic heterocycles. The van der Waals surface area contributed by atoms with Gasteiger partial charge in [-0.1, -0.05) is 23.2 Å². The van der Waals surface area contributed by atoms with Crippen molar-refractivity contribution in [3.05, 3.63) is 63.8 Å². The van der Waals surface area contributed by atoms with E-state index in [-0.39, 0.29) is 11.8 Å². The fourth-order valence-electron chi connectivity index (χ4n) is 4.52. The van der Waals surface area contributed by atoms with Gasteiger partial charge < -0.3 is 4.90 Å². The first kappa shape index (κ1) is 16.8. The second kappa shape index (κ2) is 5.60. The minimum Gasteiger partial charge on any atom is -0.300 e. The van der Waals surface area contributed by atoms with Gasteiger partial charge in [0.05, 0.1) is 28.0 Å². The molecule has 0 radical (unpaired) electrons. The van der Waals surface area contributed by atoms with Crippen LogP contribution in [0, 0.1) is 0 Å². The van der Waals surface area contributed by atoms with E-state index in [9.17, 15) is 9.59 Å². The topological polar surface area (TPSA) is 42.3 Å².